The minimum atomic E-state index is -0.666. The van der Waals surface area contributed by atoms with E-state index in [1.807, 2.05) is 17.5 Å². The lowest BCUT2D eigenvalue weighted by Gasteiger charge is -2.27. The first-order valence-electron chi connectivity index (χ1n) is 8.11. The molecular formula is C18H18BrClN2O4S. The molecule has 3 aromatic rings. The average molecular weight is 474 g/mol. The minimum absolute atomic E-state index is 0.197. The quantitative estimate of drug-likeness (QED) is 0.489. The number of aliphatic hydroxyl groups is 1. The van der Waals surface area contributed by atoms with Gasteiger partial charge in [0.15, 0.2) is 5.58 Å². The lowest BCUT2D eigenvalue weighted by Crippen LogP contribution is -2.36. The summed E-state index contributed by atoms with van der Waals surface area (Å²) >= 11 is 11.1. The van der Waals surface area contributed by atoms with Crippen molar-refractivity contribution in [1.29, 1.82) is 0 Å². The Balaban J connectivity index is 2.14. The van der Waals surface area contributed by atoms with Gasteiger partial charge in [-0.1, -0.05) is 17.7 Å². The zero-order valence-corrected chi connectivity index (χ0v) is 18.1. The van der Waals surface area contributed by atoms with Gasteiger partial charge in [-0.05, 0) is 48.1 Å². The predicted molar refractivity (Wildman–Crippen MR) is 109 cm³/mol. The Morgan fingerprint density at radius 2 is 2.22 bits per heavy atom. The van der Waals surface area contributed by atoms with E-state index in [1.54, 1.807) is 26.8 Å². The number of furan rings is 1. The molecule has 1 amide bonds. The Hall–Kier alpha value is -1.61. The number of aliphatic hydroxyl groups excluding tert-OH is 1. The average Bonchev–Trinajstić information content (AvgIpc) is 3.19. The first kappa shape index (κ1) is 20.1. The van der Waals surface area contributed by atoms with Crippen molar-refractivity contribution in [3.8, 4) is 0 Å². The number of amides is 1. The molecule has 0 spiro atoms. The molecule has 0 radical (unpaired) electrons. The minimum Gasteiger partial charge on any atom is -0.453 e. The summed E-state index contributed by atoms with van der Waals surface area (Å²) in [7, 11) is 0. The molecule has 0 aliphatic heterocycles. The first-order valence-corrected chi connectivity index (χ1v) is 10.2. The van der Waals surface area contributed by atoms with E-state index in [2.05, 4.69) is 20.9 Å². The maximum atomic E-state index is 12.9. The van der Waals surface area contributed by atoms with Crippen LogP contribution in [-0.4, -0.2) is 21.8 Å². The highest BCUT2D eigenvalue weighted by Crippen LogP contribution is 2.38. The second-order valence-corrected chi connectivity index (χ2v) is 9.00. The van der Waals surface area contributed by atoms with E-state index in [0.717, 1.165) is 4.88 Å². The van der Waals surface area contributed by atoms with Gasteiger partial charge >= 0.3 is 6.09 Å². The number of rotatable bonds is 4. The fourth-order valence-electron chi connectivity index (χ4n) is 2.46. The second-order valence-electron chi connectivity index (χ2n) is 6.79. The van der Waals surface area contributed by atoms with Crippen molar-refractivity contribution in [3.05, 3.63) is 43.8 Å². The molecule has 0 unspecified atom stereocenters. The fourth-order valence-corrected chi connectivity index (χ4v) is 3.82. The summed E-state index contributed by atoms with van der Waals surface area (Å²) in [4.78, 5) is 19.6. The number of carbonyl (C=O) groups is 1. The number of hydrogen-bond acceptors (Lipinski definition) is 6. The number of pyridine rings is 1. The molecule has 144 valence electrons. The Bertz CT molecular complexity index is 966. The van der Waals surface area contributed by atoms with Crippen molar-refractivity contribution in [1.82, 2.24) is 4.98 Å². The summed E-state index contributed by atoms with van der Waals surface area (Å²) in [6.07, 6.45) is -0.530. The summed E-state index contributed by atoms with van der Waals surface area (Å²) in [5, 5.41) is 11.6. The zero-order chi connectivity index (χ0) is 19.8. The van der Waals surface area contributed by atoms with E-state index in [1.165, 1.54) is 16.2 Å². The Kier molecular flexibility index (Phi) is 5.81. The van der Waals surface area contributed by atoms with Crippen LogP contribution in [0.15, 0.2) is 32.5 Å². The summed E-state index contributed by atoms with van der Waals surface area (Å²) in [6, 6.07) is 5.40. The molecule has 3 rings (SSSR count). The third-order valence-corrected chi connectivity index (χ3v) is 5.42. The number of thiophene rings is 1. The molecule has 0 aliphatic rings. The van der Waals surface area contributed by atoms with Crippen LogP contribution in [0.2, 0.25) is 5.15 Å². The molecule has 0 fully saturated rings. The molecular weight excluding hydrogens is 456 g/mol. The van der Waals surface area contributed by atoms with Crippen LogP contribution < -0.4 is 4.90 Å². The lowest BCUT2D eigenvalue weighted by atomic mass is 10.2. The number of hydrogen-bond donors (Lipinski definition) is 1. The topological polar surface area (TPSA) is 75.8 Å². The molecule has 3 aromatic heterocycles. The van der Waals surface area contributed by atoms with Crippen LogP contribution in [0.1, 0.15) is 31.4 Å². The first-order chi connectivity index (χ1) is 12.7. The Labute approximate surface area is 173 Å². The SMILES string of the molecule is CC(C)(C)OC(=O)N(Cc1cccs1)c1cc(Cl)nc2c(Br)c(CO)oc12. The lowest BCUT2D eigenvalue weighted by molar-refractivity contribution is 0.0578. The number of aromatic nitrogens is 1. The standard InChI is InChI=1S/C18H18BrClN2O4S/c1-18(2,3)26-17(24)22(8-10-5-4-6-27-10)11-7-13(20)21-15-14(19)12(9-23)25-16(11)15/h4-7,23H,8-9H2,1-3H3. The summed E-state index contributed by atoms with van der Waals surface area (Å²) in [5.74, 6) is 0.307. The van der Waals surface area contributed by atoms with Crippen molar-refractivity contribution >= 4 is 61.7 Å². The van der Waals surface area contributed by atoms with Gasteiger partial charge in [-0.15, -0.1) is 11.3 Å². The highest BCUT2D eigenvalue weighted by Gasteiger charge is 2.28. The van der Waals surface area contributed by atoms with Gasteiger partial charge in [0.1, 0.15) is 28.6 Å². The Morgan fingerprint density at radius 3 is 2.81 bits per heavy atom. The molecule has 1 N–H and O–H groups in total. The molecule has 0 aromatic carbocycles. The van der Waals surface area contributed by atoms with E-state index in [0.29, 0.717) is 27.0 Å². The number of halogens is 2. The van der Waals surface area contributed by atoms with Crippen molar-refractivity contribution < 1.29 is 19.1 Å². The van der Waals surface area contributed by atoms with Crippen LogP contribution in [0.25, 0.3) is 11.1 Å². The number of fused-ring (bicyclic) bond motifs is 1. The fraction of sp³-hybridized carbons (Fsp3) is 0.333. The maximum absolute atomic E-state index is 12.9. The molecule has 0 saturated carbocycles. The van der Waals surface area contributed by atoms with E-state index < -0.39 is 11.7 Å². The van der Waals surface area contributed by atoms with Crippen LogP contribution in [0.4, 0.5) is 10.5 Å². The molecule has 3 heterocycles. The smallest absolute Gasteiger partial charge is 0.415 e. The van der Waals surface area contributed by atoms with Gasteiger partial charge in [-0.25, -0.2) is 9.78 Å². The third-order valence-electron chi connectivity index (χ3n) is 3.54. The molecule has 0 atom stereocenters. The molecule has 0 bridgehead atoms. The number of nitrogens with zero attached hydrogens (tertiary/aromatic N) is 2. The van der Waals surface area contributed by atoms with Crippen LogP contribution >= 0.6 is 38.9 Å². The van der Waals surface area contributed by atoms with Crippen molar-refractivity contribution in [2.24, 2.45) is 0 Å². The Morgan fingerprint density at radius 1 is 1.48 bits per heavy atom. The molecule has 0 aliphatic carbocycles. The van der Waals surface area contributed by atoms with Crippen molar-refractivity contribution in [3.63, 3.8) is 0 Å². The maximum Gasteiger partial charge on any atom is 0.415 e. The highest BCUT2D eigenvalue weighted by atomic mass is 79.9. The predicted octanol–water partition coefficient (Wildman–Crippen LogP) is 5.74. The van der Waals surface area contributed by atoms with E-state index in [9.17, 15) is 9.90 Å². The largest absolute Gasteiger partial charge is 0.453 e. The summed E-state index contributed by atoms with van der Waals surface area (Å²) < 4.78 is 11.8. The summed E-state index contributed by atoms with van der Waals surface area (Å²) in [6.45, 7) is 5.38. The normalized spacial score (nSPS) is 11.8. The van der Waals surface area contributed by atoms with Crippen LogP contribution in [0.5, 0.6) is 0 Å². The van der Waals surface area contributed by atoms with Crippen molar-refractivity contribution in [2.75, 3.05) is 4.90 Å². The monoisotopic (exact) mass is 472 g/mol. The summed E-state index contributed by atoms with van der Waals surface area (Å²) in [5.41, 5.74) is 0.535. The van der Waals surface area contributed by atoms with Gasteiger partial charge < -0.3 is 14.3 Å². The van der Waals surface area contributed by atoms with Gasteiger partial charge in [0.2, 0.25) is 0 Å². The van der Waals surface area contributed by atoms with Gasteiger partial charge in [-0.3, -0.25) is 4.90 Å². The zero-order valence-electron chi connectivity index (χ0n) is 15.0. The second kappa shape index (κ2) is 7.79. The van der Waals surface area contributed by atoms with Crippen molar-refractivity contribution in [2.45, 2.75) is 39.5 Å². The number of anilines is 1. The number of ether oxygens (including phenoxy) is 1. The van der Waals surface area contributed by atoms with Gasteiger partial charge in [0.05, 0.1) is 16.7 Å². The van der Waals surface area contributed by atoms with Crippen LogP contribution in [-0.2, 0) is 17.9 Å². The third kappa shape index (κ3) is 4.45. The highest BCUT2D eigenvalue weighted by molar-refractivity contribution is 9.10. The van der Waals surface area contributed by atoms with Crippen LogP contribution in [0.3, 0.4) is 0 Å². The van der Waals surface area contributed by atoms with E-state index in [-0.39, 0.29) is 18.3 Å². The van der Waals surface area contributed by atoms with Gasteiger partial charge in [0.25, 0.3) is 0 Å². The van der Waals surface area contributed by atoms with E-state index >= 15 is 0 Å². The van der Waals surface area contributed by atoms with Gasteiger partial charge in [-0.2, -0.15) is 0 Å². The van der Waals surface area contributed by atoms with Gasteiger partial charge in [0, 0.05) is 10.9 Å². The molecule has 0 saturated heterocycles. The number of carbonyl (C=O) groups excluding carboxylic acids is 1. The molecule has 6 nitrogen and oxygen atoms in total. The van der Waals surface area contributed by atoms with E-state index in [4.69, 9.17) is 20.8 Å². The van der Waals surface area contributed by atoms with Crippen LogP contribution in [0, 0.1) is 0 Å². The molecule has 27 heavy (non-hydrogen) atoms. The molecule has 9 heteroatoms.